The lowest BCUT2D eigenvalue weighted by atomic mass is 10.0. The number of rotatable bonds is 4. The van der Waals surface area contributed by atoms with E-state index in [2.05, 4.69) is 34.7 Å². The summed E-state index contributed by atoms with van der Waals surface area (Å²) < 4.78 is 4.82. The Labute approximate surface area is 156 Å². The molecule has 7 nitrogen and oxygen atoms in total. The van der Waals surface area contributed by atoms with E-state index in [1.165, 1.54) is 7.11 Å². The molecule has 2 saturated heterocycles. The predicted octanol–water partition coefficient (Wildman–Crippen LogP) is 2.09. The summed E-state index contributed by atoms with van der Waals surface area (Å²) in [7, 11) is 1.45. The van der Waals surface area contributed by atoms with Crippen molar-refractivity contribution in [1.82, 2.24) is 19.8 Å². The highest BCUT2D eigenvalue weighted by Crippen LogP contribution is 2.23. The highest BCUT2D eigenvalue weighted by molar-refractivity contribution is 5.67. The molecule has 0 radical (unpaired) electrons. The normalized spacial score (nSPS) is 19.7. The standard InChI is InChI=1S/C19H31N5O2/c1-4-5-17-20-15(2)14-18(21-17)23-8-6-16(7-9-23)22-10-12-24(13-11-22)19(25)26-3/h14,16H,4-13H2,1-3H3. The van der Waals surface area contributed by atoms with Gasteiger partial charge in [-0.1, -0.05) is 6.92 Å². The van der Waals surface area contributed by atoms with Crippen molar-refractivity contribution < 1.29 is 9.53 Å². The van der Waals surface area contributed by atoms with Crippen LogP contribution < -0.4 is 4.90 Å². The first kappa shape index (κ1) is 18.9. The van der Waals surface area contributed by atoms with Crippen LogP contribution in [0.15, 0.2) is 6.07 Å². The van der Waals surface area contributed by atoms with Gasteiger partial charge in [0, 0.05) is 63.5 Å². The van der Waals surface area contributed by atoms with E-state index in [-0.39, 0.29) is 6.09 Å². The zero-order valence-corrected chi connectivity index (χ0v) is 16.3. The van der Waals surface area contributed by atoms with Gasteiger partial charge in [0.25, 0.3) is 0 Å². The van der Waals surface area contributed by atoms with E-state index in [0.29, 0.717) is 6.04 Å². The summed E-state index contributed by atoms with van der Waals surface area (Å²) in [5.74, 6) is 2.04. The van der Waals surface area contributed by atoms with Crippen molar-refractivity contribution in [1.29, 1.82) is 0 Å². The fraction of sp³-hybridized carbons (Fsp3) is 0.737. The third-order valence-electron chi connectivity index (χ3n) is 5.41. The molecule has 144 valence electrons. The first-order valence-electron chi connectivity index (χ1n) is 9.77. The number of carbonyl (C=O) groups excluding carboxylic acids is 1. The molecule has 2 aliphatic rings. The van der Waals surface area contributed by atoms with Crippen molar-refractivity contribution in [3.05, 3.63) is 17.6 Å². The second-order valence-corrected chi connectivity index (χ2v) is 7.25. The van der Waals surface area contributed by atoms with Crippen LogP contribution >= 0.6 is 0 Å². The molecule has 26 heavy (non-hydrogen) atoms. The number of carbonyl (C=O) groups is 1. The number of methoxy groups -OCH3 is 1. The highest BCUT2D eigenvalue weighted by atomic mass is 16.5. The molecule has 3 heterocycles. The van der Waals surface area contributed by atoms with Gasteiger partial charge in [0.2, 0.25) is 0 Å². The van der Waals surface area contributed by atoms with Crippen molar-refractivity contribution in [2.24, 2.45) is 0 Å². The van der Waals surface area contributed by atoms with Crippen molar-refractivity contribution >= 4 is 11.9 Å². The minimum absolute atomic E-state index is 0.207. The average Bonchev–Trinajstić information content (AvgIpc) is 2.67. The molecule has 3 rings (SSSR count). The number of aromatic nitrogens is 2. The lowest BCUT2D eigenvalue weighted by Gasteiger charge is -2.42. The molecular formula is C19H31N5O2. The van der Waals surface area contributed by atoms with Gasteiger partial charge in [-0.15, -0.1) is 0 Å². The number of piperidine rings is 1. The zero-order valence-electron chi connectivity index (χ0n) is 16.3. The SMILES string of the molecule is CCCc1nc(C)cc(N2CCC(N3CCN(C(=O)OC)CC3)CC2)n1. The second kappa shape index (κ2) is 8.66. The third-order valence-corrected chi connectivity index (χ3v) is 5.41. The molecule has 0 N–H and O–H groups in total. The number of hydrogen-bond acceptors (Lipinski definition) is 6. The summed E-state index contributed by atoms with van der Waals surface area (Å²) in [6.45, 7) is 9.68. The number of hydrogen-bond donors (Lipinski definition) is 0. The maximum atomic E-state index is 11.6. The summed E-state index contributed by atoms with van der Waals surface area (Å²) in [4.78, 5) is 27.7. The molecule has 2 aliphatic heterocycles. The Morgan fingerprint density at radius 2 is 1.85 bits per heavy atom. The highest BCUT2D eigenvalue weighted by Gasteiger charge is 2.29. The Morgan fingerprint density at radius 3 is 2.46 bits per heavy atom. The number of piperazine rings is 1. The Balaban J connectivity index is 1.53. The summed E-state index contributed by atoms with van der Waals surface area (Å²) in [6.07, 6.45) is 4.09. The molecule has 1 aromatic rings. The minimum atomic E-state index is -0.207. The fourth-order valence-corrected chi connectivity index (χ4v) is 3.97. The van der Waals surface area contributed by atoms with Crippen LogP contribution in [-0.4, -0.2) is 78.3 Å². The summed E-state index contributed by atoms with van der Waals surface area (Å²) in [5.41, 5.74) is 1.06. The first-order valence-corrected chi connectivity index (χ1v) is 9.77. The van der Waals surface area contributed by atoms with Crippen LogP contribution in [-0.2, 0) is 11.2 Å². The minimum Gasteiger partial charge on any atom is -0.453 e. The fourth-order valence-electron chi connectivity index (χ4n) is 3.97. The van der Waals surface area contributed by atoms with Crippen LogP contribution in [0.25, 0.3) is 0 Å². The maximum Gasteiger partial charge on any atom is 0.409 e. The number of amides is 1. The monoisotopic (exact) mass is 361 g/mol. The molecule has 1 amide bonds. The van der Waals surface area contributed by atoms with E-state index in [0.717, 1.165) is 82.3 Å². The molecule has 2 fully saturated rings. The van der Waals surface area contributed by atoms with Crippen LogP contribution in [0.1, 0.15) is 37.7 Å². The Hall–Kier alpha value is -1.89. The quantitative estimate of drug-likeness (QED) is 0.818. The molecule has 0 bridgehead atoms. The van der Waals surface area contributed by atoms with Gasteiger partial charge < -0.3 is 14.5 Å². The van der Waals surface area contributed by atoms with Crippen LogP contribution in [0.2, 0.25) is 0 Å². The predicted molar refractivity (Wildman–Crippen MR) is 102 cm³/mol. The molecule has 0 unspecified atom stereocenters. The van der Waals surface area contributed by atoms with Crippen LogP contribution in [0.4, 0.5) is 10.6 Å². The molecule has 0 saturated carbocycles. The Morgan fingerprint density at radius 1 is 1.15 bits per heavy atom. The number of anilines is 1. The summed E-state index contributed by atoms with van der Waals surface area (Å²) in [5, 5.41) is 0. The summed E-state index contributed by atoms with van der Waals surface area (Å²) >= 11 is 0. The largest absolute Gasteiger partial charge is 0.453 e. The number of aryl methyl sites for hydroxylation is 2. The lowest BCUT2D eigenvalue weighted by Crippen LogP contribution is -2.54. The zero-order chi connectivity index (χ0) is 18.5. The number of nitrogens with zero attached hydrogens (tertiary/aromatic N) is 5. The van der Waals surface area contributed by atoms with Crippen molar-refractivity contribution in [2.75, 3.05) is 51.3 Å². The first-order chi connectivity index (χ1) is 12.6. The average molecular weight is 361 g/mol. The van der Waals surface area contributed by atoms with Gasteiger partial charge in [-0.2, -0.15) is 0 Å². The van der Waals surface area contributed by atoms with E-state index in [9.17, 15) is 4.79 Å². The van der Waals surface area contributed by atoms with Crippen LogP contribution in [0.3, 0.4) is 0 Å². The van der Waals surface area contributed by atoms with Crippen LogP contribution in [0.5, 0.6) is 0 Å². The molecular weight excluding hydrogens is 330 g/mol. The maximum absolute atomic E-state index is 11.6. The second-order valence-electron chi connectivity index (χ2n) is 7.25. The smallest absolute Gasteiger partial charge is 0.409 e. The van der Waals surface area contributed by atoms with Crippen molar-refractivity contribution in [2.45, 2.75) is 45.6 Å². The molecule has 0 atom stereocenters. The van der Waals surface area contributed by atoms with Gasteiger partial charge in [0.1, 0.15) is 11.6 Å². The van der Waals surface area contributed by atoms with Gasteiger partial charge in [0.05, 0.1) is 7.11 Å². The third kappa shape index (κ3) is 4.44. The summed E-state index contributed by atoms with van der Waals surface area (Å²) in [6, 6.07) is 2.71. The van der Waals surface area contributed by atoms with E-state index >= 15 is 0 Å². The topological polar surface area (TPSA) is 61.8 Å². The van der Waals surface area contributed by atoms with Crippen molar-refractivity contribution in [3.63, 3.8) is 0 Å². The molecule has 1 aromatic heterocycles. The van der Waals surface area contributed by atoms with E-state index in [1.54, 1.807) is 4.90 Å². The number of ether oxygens (including phenoxy) is 1. The van der Waals surface area contributed by atoms with Gasteiger partial charge in [-0.25, -0.2) is 14.8 Å². The van der Waals surface area contributed by atoms with Gasteiger partial charge >= 0.3 is 6.09 Å². The van der Waals surface area contributed by atoms with Gasteiger partial charge in [-0.3, -0.25) is 4.90 Å². The molecule has 0 aromatic carbocycles. The molecule has 0 spiro atoms. The van der Waals surface area contributed by atoms with E-state index < -0.39 is 0 Å². The van der Waals surface area contributed by atoms with E-state index in [4.69, 9.17) is 9.72 Å². The Bertz CT molecular complexity index is 608. The van der Waals surface area contributed by atoms with Crippen molar-refractivity contribution in [3.8, 4) is 0 Å². The van der Waals surface area contributed by atoms with Crippen LogP contribution in [0, 0.1) is 6.92 Å². The van der Waals surface area contributed by atoms with Gasteiger partial charge in [-0.05, 0) is 26.2 Å². The molecule has 0 aliphatic carbocycles. The van der Waals surface area contributed by atoms with Gasteiger partial charge in [0.15, 0.2) is 0 Å². The van der Waals surface area contributed by atoms with E-state index in [1.807, 2.05) is 0 Å². The Kier molecular flexibility index (Phi) is 6.29. The molecule has 7 heteroatoms. The lowest BCUT2D eigenvalue weighted by molar-refractivity contribution is 0.0686.